The van der Waals surface area contributed by atoms with E-state index in [0.29, 0.717) is 31.1 Å². The Hall–Kier alpha value is -0.910. The lowest BCUT2D eigenvalue weighted by atomic mass is 9.33. The van der Waals surface area contributed by atoms with Crippen LogP contribution in [0, 0.1) is 50.7 Å². The van der Waals surface area contributed by atoms with Gasteiger partial charge in [0.05, 0.1) is 23.2 Å². The highest BCUT2D eigenvalue weighted by molar-refractivity contribution is 5.77. The van der Waals surface area contributed by atoms with Crippen LogP contribution in [0.5, 0.6) is 0 Å². The summed E-state index contributed by atoms with van der Waals surface area (Å²) in [6, 6.07) is 0. The van der Waals surface area contributed by atoms with Crippen LogP contribution in [0.1, 0.15) is 99.8 Å². The molecular formula is C30H48O5. The van der Waals surface area contributed by atoms with Crippen LogP contribution in [-0.4, -0.2) is 44.2 Å². The van der Waals surface area contributed by atoms with Crippen molar-refractivity contribution in [3.63, 3.8) is 0 Å². The van der Waals surface area contributed by atoms with Crippen molar-refractivity contribution in [2.75, 3.05) is 0 Å². The second-order valence-corrected chi connectivity index (χ2v) is 14.9. The monoisotopic (exact) mass is 488 g/mol. The van der Waals surface area contributed by atoms with Crippen molar-refractivity contribution in [3.8, 4) is 0 Å². The number of hydrogen-bond acceptors (Lipinski definition) is 4. The standard InChI is InChI=1S/C30H48O5/c1-17-10-13-30(24(33)34)15-14-27(5)18(22(30)29(17,7)35)8-9-21-26(4)16-19(31)23(32)25(2,3)20(26)11-12-28(21,27)6/h8,17,19-23,31-32,35H,9-16H2,1-7H3,(H,33,34)/t17-,19?,20?,21-,22-,23?,26+,27-,28-,29-,30+/m1/s1. The molecule has 5 aliphatic carbocycles. The molecule has 0 aromatic carbocycles. The molecule has 11 atom stereocenters. The van der Waals surface area contributed by atoms with Crippen molar-refractivity contribution in [3.05, 3.63) is 11.6 Å². The van der Waals surface area contributed by atoms with Crippen molar-refractivity contribution >= 4 is 5.97 Å². The van der Waals surface area contributed by atoms with Gasteiger partial charge < -0.3 is 20.4 Å². The Morgan fingerprint density at radius 3 is 2.23 bits per heavy atom. The molecule has 5 nitrogen and oxygen atoms in total. The molecule has 0 aromatic heterocycles. The van der Waals surface area contributed by atoms with E-state index in [-0.39, 0.29) is 33.5 Å². The largest absolute Gasteiger partial charge is 0.481 e. The van der Waals surface area contributed by atoms with E-state index in [1.165, 1.54) is 5.57 Å². The van der Waals surface area contributed by atoms with Crippen molar-refractivity contribution in [1.29, 1.82) is 0 Å². The van der Waals surface area contributed by atoms with Crippen molar-refractivity contribution in [2.45, 2.75) is 118 Å². The summed E-state index contributed by atoms with van der Waals surface area (Å²) in [5, 5.41) is 44.3. The summed E-state index contributed by atoms with van der Waals surface area (Å²) < 4.78 is 0. The third-order valence-electron chi connectivity index (χ3n) is 13.4. The maximum atomic E-state index is 12.8. The molecule has 0 amide bonds. The number of allylic oxidation sites excluding steroid dienone is 1. The molecule has 4 fully saturated rings. The lowest BCUT2D eigenvalue weighted by molar-refractivity contribution is -0.237. The van der Waals surface area contributed by atoms with E-state index < -0.39 is 29.2 Å². The van der Waals surface area contributed by atoms with Gasteiger partial charge in [-0.15, -0.1) is 0 Å². The van der Waals surface area contributed by atoms with Gasteiger partial charge in [-0.2, -0.15) is 0 Å². The van der Waals surface area contributed by atoms with Gasteiger partial charge in [-0.05, 0) is 97.7 Å². The molecule has 198 valence electrons. The Labute approximate surface area is 211 Å². The zero-order valence-corrected chi connectivity index (χ0v) is 22.9. The molecule has 5 heteroatoms. The summed E-state index contributed by atoms with van der Waals surface area (Å²) >= 11 is 0. The lowest BCUT2D eigenvalue weighted by Crippen LogP contribution is -2.68. The number of rotatable bonds is 1. The van der Waals surface area contributed by atoms with E-state index in [1.54, 1.807) is 0 Å². The molecule has 5 aliphatic rings. The summed E-state index contributed by atoms with van der Waals surface area (Å²) in [7, 11) is 0. The Morgan fingerprint density at radius 1 is 0.943 bits per heavy atom. The van der Waals surface area contributed by atoms with E-state index in [1.807, 2.05) is 6.92 Å². The van der Waals surface area contributed by atoms with Crippen molar-refractivity contribution in [1.82, 2.24) is 0 Å². The minimum absolute atomic E-state index is 0.0535. The van der Waals surface area contributed by atoms with Crippen LogP contribution >= 0.6 is 0 Å². The maximum Gasteiger partial charge on any atom is 0.310 e. The fourth-order valence-corrected chi connectivity index (χ4v) is 11.0. The van der Waals surface area contributed by atoms with Gasteiger partial charge in [0, 0.05) is 5.92 Å². The van der Waals surface area contributed by atoms with Crippen molar-refractivity contribution < 1.29 is 25.2 Å². The number of aliphatic carboxylic acids is 1. The van der Waals surface area contributed by atoms with E-state index in [2.05, 4.69) is 47.6 Å². The van der Waals surface area contributed by atoms with Crippen LogP contribution in [0.15, 0.2) is 11.6 Å². The molecule has 4 saturated carbocycles. The van der Waals surface area contributed by atoms with Gasteiger partial charge in [-0.1, -0.05) is 53.2 Å². The zero-order chi connectivity index (χ0) is 26.0. The van der Waals surface area contributed by atoms with E-state index in [4.69, 9.17) is 0 Å². The molecule has 0 radical (unpaired) electrons. The predicted molar refractivity (Wildman–Crippen MR) is 135 cm³/mol. The number of aliphatic hydroxyl groups excluding tert-OH is 2. The van der Waals surface area contributed by atoms with E-state index in [9.17, 15) is 25.2 Å². The molecule has 0 aromatic rings. The van der Waals surface area contributed by atoms with Crippen LogP contribution in [0.3, 0.4) is 0 Å². The third-order valence-corrected chi connectivity index (χ3v) is 13.4. The normalized spacial score (nSPS) is 57.1. The summed E-state index contributed by atoms with van der Waals surface area (Å²) in [6.07, 6.45) is 7.21. The first-order chi connectivity index (χ1) is 16.0. The van der Waals surface area contributed by atoms with Crippen LogP contribution in [-0.2, 0) is 4.79 Å². The molecule has 0 heterocycles. The first kappa shape index (κ1) is 25.7. The van der Waals surface area contributed by atoms with Crippen LogP contribution in [0.4, 0.5) is 0 Å². The average Bonchev–Trinajstić information content (AvgIpc) is 2.75. The quantitative estimate of drug-likeness (QED) is 0.382. The molecular weight excluding hydrogens is 440 g/mol. The van der Waals surface area contributed by atoms with E-state index in [0.717, 1.165) is 32.1 Å². The van der Waals surface area contributed by atoms with Crippen LogP contribution in [0.25, 0.3) is 0 Å². The third kappa shape index (κ3) is 2.90. The van der Waals surface area contributed by atoms with Gasteiger partial charge in [0.15, 0.2) is 0 Å². The average molecular weight is 489 g/mol. The fraction of sp³-hybridized carbons (Fsp3) is 0.900. The maximum absolute atomic E-state index is 12.8. The SMILES string of the molecule is C[C@@H]1CC[C@]2(C(=O)O)CC[C@]3(C)C(=CC[C@@H]4[C@@]5(C)CC(O)C(O)C(C)(C)C5CC[C@]43C)[C@@H]2[C@]1(C)O. The van der Waals surface area contributed by atoms with Gasteiger partial charge in [0.2, 0.25) is 0 Å². The molecule has 5 rings (SSSR count). The Balaban J connectivity index is 1.65. The highest BCUT2D eigenvalue weighted by Crippen LogP contribution is 2.76. The fourth-order valence-electron chi connectivity index (χ4n) is 11.0. The molecule has 3 unspecified atom stereocenters. The molecule has 4 N–H and O–H groups in total. The number of hydrogen-bond donors (Lipinski definition) is 4. The highest BCUT2D eigenvalue weighted by atomic mass is 16.4. The summed E-state index contributed by atoms with van der Waals surface area (Å²) in [6.45, 7) is 15.3. The number of carboxylic acid groups (broad SMARTS) is 1. The Kier molecular flexibility index (Phi) is 5.40. The second kappa shape index (κ2) is 7.35. The predicted octanol–water partition coefficient (Wildman–Crippen LogP) is 5.18. The van der Waals surface area contributed by atoms with Gasteiger partial charge in [-0.25, -0.2) is 0 Å². The first-order valence-corrected chi connectivity index (χ1v) is 14.0. The van der Waals surface area contributed by atoms with Crippen LogP contribution < -0.4 is 0 Å². The minimum atomic E-state index is -1.05. The summed E-state index contributed by atoms with van der Waals surface area (Å²) in [4.78, 5) is 12.8. The Morgan fingerprint density at radius 2 is 1.60 bits per heavy atom. The van der Waals surface area contributed by atoms with Gasteiger partial charge in [0.1, 0.15) is 0 Å². The molecule has 0 aliphatic heterocycles. The smallest absolute Gasteiger partial charge is 0.310 e. The lowest BCUT2D eigenvalue weighted by Gasteiger charge is -2.72. The van der Waals surface area contributed by atoms with E-state index >= 15 is 0 Å². The summed E-state index contributed by atoms with van der Waals surface area (Å²) in [5.41, 5.74) is -1.46. The Bertz CT molecular complexity index is 952. The molecule has 0 saturated heterocycles. The minimum Gasteiger partial charge on any atom is -0.481 e. The molecule has 35 heavy (non-hydrogen) atoms. The van der Waals surface area contributed by atoms with Gasteiger partial charge in [0.25, 0.3) is 0 Å². The van der Waals surface area contributed by atoms with Gasteiger partial charge >= 0.3 is 5.97 Å². The number of aliphatic hydroxyl groups is 3. The molecule has 0 spiro atoms. The zero-order valence-electron chi connectivity index (χ0n) is 22.9. The number of carboxylic acids is 1. The molecule has 0 bridgehead atoms. The number of carbonyl (C=O) groups is 1. The van der Waals surface area contributed by atoms with Gasteiger partial charge in [-0.3, -0.25) is 4.79 Å². The van der Waals surface area contributed by atoms with Crippen LogP contribution in [0.2, 0.25) is 0 Å². The van der Waals surface area contributed by atoms with Crippen molar-refractivity contribution in [2.24, 2.45) is 50.7 Å². The second-order valence-electron chi connectivity index (χ2n) is 14.9. The first-order valence-electron chi connectivity index (χ1n) is 14.0. The summed E-state index contributed by atoms with van der Waals surface area (Å²) in [5.74, 6) is -0.394. The topological polar surface area (TPSA) is 98.0 Å². The highest BCUT2D eigenvalue weighted by Gasteiger charge is 2.71. The number of fused-ring (bicyclic) bond motifs is 7.